The fraction of sp³-hybridized carbons (Fsp3) is 0.625. The number of carbonyl (C=O) groups is 5. The summed E-state index contributed by atoms with van der Waals surface area (Å²) in [6, 6.07) is -2.32. The number of nitrogens with two attached hydrogens (primary N) is 1. The molecule has 0 unspecified atom stereocenters. The van der Waals surface area contributed by atoms with Crippen molar-refractivity contribution in [3.05, 3.63) is 11.1 Å². The molecule has 1 aromatic rings. The first-order valence-electron chi connectivity index (χ1n) is 13.1. The molecule has 2 heterocycles. The number of hydrogen-bond donors (Lipinski definition) is 3. The Morgan fingerprint density at radius 1 is 1.11 bits per heavy atom. The fourth-order valence-corrected chi connectivity index (χ4v) is 5.04. The minimum atomic E-state index is -5.08. The highest BCUT2D eigenvalue weighted by Gasteiger charge is 2.53. The van der Waals surface area contributed by atoms with E-state index in [9.17, 15) is 40.8 Å². The largest absolute Gasteiger partial charge is 0.490 e. The summed E-state index contributed by atoms with van der Waals surface area (Å²) in [5, 5.41) is 14.8. The number of esters is 2. The summed E-state index contributed by atoms with van der Waals surface area (Å²) < 4.78 is 72.3. The van der Waals surface area contributed by atoms with E-state index < -0.39 is 81.6 Å². The van der Waals surface area contributed by atoms with Gasteiger partial charge in [0.2, 0.25) is 5.60 Å². The molecule has 1 fully saturated rings. The van der Waals surface area contributed by atoms with Gasteiger partial charge in [0.25, 0.3) is 11.8 Å². The SMILES string of the molecule is CCOC(=O)C(C)(C)COS(=O)(=O)N1C(=O)[C@@H](NC(=O)/C(=N\OC(C)(C)C(=O)OCC)c2csc(N)n2)[C@@H]1C.O=C(O)C(F)(F)F. The van der Waals surface area contributed by atoms with Crippen molar-refractivity contribution < 1.29 is 69.2 Å². The number of carbonyl (C=O) groups excluding carboxylic acids is 4. The number of hydrogen-bond acceptors (Lipinski definition) is 15. The molecule has 46 heavy (non-hydrogen) atoms. The molecule has 17 nitrogen and oxygen atoms in total. The van der Waals surface area contributed by atoms with Gasteiger partial charge in [0.15, 0.2) is 10.8 Å². The van der Waals surface area contributed by atoms with E-state index in [1.54, 1.807) is 13.8 Å². The maximum atomic E-state index is 13.1. The predicted octanol–water partition coefficient (Wildman–Crippen LogP) is 0.987. The van der Waals surface area contributed by atoms with E-state index in [0.29, 0.717) is 4.31 Å². The Labute approximate surface area is 265 Å². The molecule has 2 atom stereocenters. The number of nitrogens with one attached hydrogen (secondary N) is 1. The number of oxime groups is 1. The van der Waals surface area contributed by atoms with E-state index in [-0.39, 0.29) is 24.0 Å². The average molecular weight is 706 g/mol. The van der Waals surface area contributed by atoms with Crippen LogP contribution in [0.5, 0.6) is 0 Å². The zero-order valence-corrected chi connectivity index (χ0v) is 27.3. The number of amides is 2. The summed E-state index contributed by atoms with van der Waals surface area (Å²) in [6.07, 6.45) is -5.08. The second-order valence-electron chi connectivity index (χ2n) is 10.3. The third-order valence-corrected chi connectivity index (χ3v) is 7.70. The van der Waals surface area contributed by atoms with Crippen molar-refractivity contribution in [1.82, 2.24) is 14.6 Å². The highest BCUT2D eigenvalue weighted by molar-refractivity contribution is 7.85. The Hall–Kier alpha value is -4.05. The first kappa shape index (κ1) is 40.0. The van der Waals surface area contributed by atoms with Gasteiger partial charge < -0.3 is 30.5 Å². The first-order valence-corrected chi connectivity index (χ1v) is 15.3. The Balaban J connectivity index is 0.00000135. The minimum absolute atomic E-state index is 0.00286. The van der Waals surface area contributed by atoms with Gasteiger partial charge in [-0.2, -0.15) is 21.6 Å². The molecular formula is C24H34F3N5O12S2. The van der Waals surface area contributed by atoms with Crippen LogP contribution in [0.3, 0.4) is 0 Å². The van der Waals surface area contributed by atoms with Gasteiger partial charge in [-0.3, -0.25) is 18.6 Å². The van der Waals surface area contributed by atoms with Crippen LogP contribution in [0.15, 0.2) is 10.5 Å². The second-order valence-corrected chi connectivity index (χ2v) is 12.7. The molecule has 0 radical (unpaired) electrons. The van der Waals surface area contributed by atoms with E-state index in [1.165, 1.54) is 40.0 Å². The number of anilines is 1. The molecule has 0 spiro atoms. The molecule has 2 amide bonds. The maximum absolute atomic E-state index is 13.1. The van der Waals surface area contributed by atoms with E-state index in [0.717, 1.165) is 11.3 Å². The molecule has 0 aliphatic carbocycles. The molecule has 1 saturated heterocycles. The molecular weight excluding hydrogens is 671 g/mol. The van der Waals surface area contributed by atoms with Crippen LogP contribution >= 0.6 is 11.3 Å². The zero-order valence-electron chi connectivity index (χ0n) is 25.7. The summed E-state index contributed by atoms with van der Waals surface area (Å²) >= 11 is 1.01. The van der Waals surface area contributed by atoms with E-state index in [2.05, 4.69) is 15.5 Å². The lowest BCUT2D eigenvalue weighted by atomic mass is 9.95. The Bertz CT molecular complexity index is 1440. The number of halogens is 3. The lowest BCUT2D eigenvalue weighted by molar-refractivity contribution is -0.192. The number of rotatable bonds is 13. The fourth-order valence-electron chi connectivity index (χ4n) is 3.07. The predicted molar refractivity (Wildman–Crippen MR) is 152 cm³/mol. The molecule has 0 saturated carbocycles. The quantitative estimate of drug-likeness (QED) is 0.112. The van der Waals surface area contributed by atoms with E-state index in [1.807, 2.05) is 0 Å². The first-order chi connectivity index (χ1) is 20.9. The van der Waals surface area contributed by atoms with Gasteiger partial charge in [0.05, 0.1) is 31.3 Å². The number of aromatic nitrogens is 1. The van der Waals surface area contributed by atoms with Crippen LogP contribution in [-0.4, -0.2) is 102 Å². The summed E-state index contributed by atoms with van der Waals surface area (Å²) in [7, 11) is -4.59. The highest BCUT2D eigenvalue weighted by atomic mass is 32.2. The smallest absolute Gasteiger partial charge is 0.475 e. The third kappa shape index (κ3) is 10.5. The Morgan fingerprint density at radius 3 is 2.07 bits per heavy atom. The number of aliphatic carboxylic acids is 1. The van der Waals surface area contributed by atoms with Crippen molar-refractivity contribution in [2.75, 3.05) is 25.6 Å². The van der Waals surface area contributed by atoms with Gasteiger partial charge in [-0.05, 0) is 48.5 Å². The van der Waals surface area contributed by atoms with Crippen molar-refractivity contribution >= 4 is 62.2 Å². The average Bonchev–Trinajstić information content (AvgIpc) is 3.36. The van der Waals surface area contributed by atoms with Crippen LogP contribution in [0.1, 0.15) is 54.2 Å². The maximum Gasteiger partial charge on any atom is 0.490 e. The van der Waals surface area contributed by atoms with Gasteiger partial charge in [0, 0.05) is 5.38 Å². The van der Waals surface area contributed by atoms with Crippen LogP contribution in [0.2, 0.25) is 0 Å². The topological polar surface area (TPSA) is 243 Å². The number of carboxylic acid groups (broad SMARTS) is 1. The van der Waals surface area contributed by atoms with Gasteiger partial charge >= 0.3 is 34.4 Å². The number of ether oxygens (including phenoxy) is 2. The van der Waals surface area contributed by atoms with Crippen molar-refractivity contribution in [2.45, 2.75) is 72.3 Å². The zero-order chi connectivity index (χ0) is 35.8. The number of alkyl halides is 3. The van der Waals surface area contributed by atoms with Gasteiger partial charge in [-0.15, -0.1) is 11.3 Å². The molecule has 2 rings (SSSR count). The molecule has 4 N–H and O–H groups in total. The monoisotopic (exact) mass is 705 g/mol. The van der Waals surface area contributed by atoms with Crippen LogP contribution in [0.25, 0.3) is 0 Å². The van der Waals surface area contributed by atoms with E-state index >= 15 is 0 Å². The normalized spacial score (nSPS) is 17.2. The minimum Gasteiger partial charge on any atom is -0.475 e. The van der Waals surface area contributed by atoms with Gasteiger partial charge in [0.1, 0.15) is 11.7 Å². The molecule has 0 aromatic carbocycles. The molecule has 0 bridgehead atoms. The lowest BCUT2D eigenvalue weighted by Gasteiger charge is -2.43. The van der Waals surface area contributed by atoms with Gasteiger partial charge in [-0.1, -0.05) is 5.16 Å². The van der Waals surface area contributed by atoms with Crippen molar-refractivity contribution in [2.24, 2.45) is 10.6 Å². The Morgan fingerprint density at radius 2 is 1.63 bits per heavy atom. The molecule has 1 aromatic heterocycles. The Kier molecular flexibility index (Phi) is 13.5. The third-order valence-electron chi connectivity index (χ3n) is 5.61. The molecule has 22 heteroatoms. The summed E-state index contributed by atoms with van der Waals surface area (Å²) in [5.74, 6) is -6.08. The summed E-state index contributed by atoms with van der Waals surface area (Å²) in [6.45, 7) is 9.84. The van der Waals surface area contributed by atoms with Crippen molar-refractivity contribution in [3.63, 3.8) is 0 Å². The molecule has 1 aliphatic rings. The lowest BCUT2D eigenvalue weighted by Crippen LogP contribution is -2.71. The standard InChI is InChI=1S/C22H33N5O10S2.C2HF3O2/c1-8-34-18(30)21(4,5)11-36-39(32,33)27-12(3)14(17(27)29)25-16(28)15(13-10-38-20(23)24-13)26-37-22(6,7)19(31)35-9-2;3-2(4,5)1(6)7/h10,12,14H,8-9,11H2,1-7H3,(H2,23,24)(H,25,28);(H,6,7)/b26-15-;/t12-,14-;/m0./s1. The van der Waals surface area contributed by atoms with Crippen LogP contribution in [-0.2, 0) is 52.8 Å². The van der Waals surface area contributed by atoms with Crippen molar-refractivity contribution in [1.29, 1.82) is 0 Å². The van der Waals surface area contributed by atoms with Crippen LogP contribution in [0.4, 0.5) is 18.3 Å². The van der Waals surface area contributed by atoms with Crippen molar-refractivity contribution in [3.8, 4) is 0 Å². The molecule has 1 aliphatic heterocycles. The molecule has 260 valence electrons. The number of nitrogens with zero attached hydrogens (tertiary/aromatic N) is 3. The van der Waals surface area contributed by atoms with Crippen LogP contribution < -0.4 is 11.1 Å². The number of thiazole rings is 1. The second kappa shape index (κ2) is 15.5. The van der Waals surface area contributed by atoms with Gasteiger partial charge in [-0.25, -0.2) is 18.9 Å². The van der Waals surface area contributed by atoms with Crippen LogP contribution in [0, 0.1) is 5.41 Å². The number of β-lactam (4-membered cyclic amide) rings is 1. The summed E-state index contributed by atoms with van der Waals surface area (Å²) in [5.41, 5.74) is 2.39. The number of nitrogen functional groups attached to an aromatic ring is 1. The summed E-state index contributed by atoms with van der Waals surface area (Å²) in [4.78, 5) is 68.2. The highest BCUT2D eigenvalue weighted by Crippen LogP contribution is 2.27. The van der Waals surface area contributed by atoms with E-state index in [4.69, 9.17) is 34.1 Å². The number of carboxylic acids is 1.